The van der Waals surface area contributed by atoms with Crippen LogP contribution in [0.2, 0.25) is 0 Å². The van der Waals surface area contributed by atoms with E-state index in [0.717, 1.165) is 25.7 Å². The predicted molar refractivity (Wildman–Crippen MR) is 78.3 cm³/mol. The Hall–Kier alpha value is -1.78. The van der Waals surface area contributed by atoms with Crippen molar-refractivity contribution >= 4 is 11.9 Å². The van der Waals surface area contributed by atoms with Crippen LogP contribution >= 0.6 is 0 Å². The normalized spacial score (nSPS) is 22.6. The van der Waals surface area contributed by atoms with Crippen LogP contribution in [0.1, 0.15) is 60.7 Å². The van der Waals surface area contributed by atoms with Crippen molar-refractivity contribution in [2.45, 2.75) is 58.4 Å². The first-order chi connectivity index (χ1) is 9.97. The highest BCUT2D eigenvalue weighted by atomic mass is 16.4. The molecule has 1 aliphatic rings. The number of nitrogens with one attached hydrogen (secondary N) is 1. The van der Waals surface area contributed by atoms with E-state index in [1.165, 1.54) is 12.7 Å². The van der Waals surface area contributed by atoms with Crippen LogP contribution in [-0.2, 0) is 11.2 Å². The quantitative estimate of drug-likeness (QED) is 0.836. The summed E-state index contributed by atoms with van der Waals surface area (Å²) < 4.78 is 5.22. The van der Waals surface area contributed by atoms with E-state index in [1.807, 2.05) is 0 Å². The summed E-state index contributed by atoms with van der Waals surface area (Å²) in [4.78, 5) is 23.3. The molecule has 1 saturated carbocycles. The molecule has 1 fully saturated rings. The molecule has 1 aromatic rings. The van der Waals surface area contributed by atoms with Crippen molar-refractivity contribution in [2.24, 2.45) is 5.92 Å². The van der Waals surface area contributed by atoms with Crippen molar-refractivity contribution in [3.8, 4) is 0 Å². The van der Waals surface area contributed by atoms with Gasteiger partial charge in [0.2, 0.25) is 0 Å². The third kappa shape index (κ3) is 4.09. The number of aryl methyl sites for hydroxylation is 1. The van der Waals surface area contributed by atoms with E-state index >= 15 is 0 Å². The third-order valence-electron chi connectivity index (χ3n) is 4.18. The highest BCUT2D eigenvalue weighted by molar-refractivity contribution is 5.97. The molecular formula is C16H23NO4. The summed E-state index contributed by atoms with van der Waals surface area (Å²) in [6, 6.07) is 0.175. The van der Waals surface area contributed by atoms with Gasteiger partial charge in [-0.1, -0.05) is 19.8 Å². The first kappa shape index (κ1) is 15.6. The van der Waals surface area contributed by atoms with Crippen LogP contribution in [0.3, 0.4) is 0 Å². The van der Waals surface area contributed by atoms with Crippen molar-refractivity contribution in [1.29, 1.82) is 0 Å². The van der Waals surface area contributed by atoms with Gasteiger partial charge >= 0.3 is 5.97 Å². The number of amides is 1. The Morgan fingerprint density at radius 3 is 2.81 bits per heavy atom. The first-order valence-electron chi connectivity index (χ1n) is 7.57. The highest BCUT2D eigenvalue weighted by Gasteiger charge is 2.24. The van der Waals surface area contributed by atoms with Crippen molar-refractivity contribution in [3.05, 3.63) is 23.2 Å². The minimum Gasteiger partial charge on any atom is -0.481 e. The average Bonchev–Trinajstić information content (AvgIpc) is 2.62. The fraction of sp³-hybridized carbons (Fsp3) is 0.625. The fourth-order valence-electron chi connectivity index (χ4n) is 2.96. The lowest BCUT2D eigenvalue weighted by atomic mass is 10.0. The van der Waals surface area contributed by atoms with Gasteiger partial charge in [0.15, 0.2) is 0 Å². The summed E-state index contributed by atoms with van der Waals surface area (Å²) in [5.41, 5.74) is 1.07. The Kier molecular flexibility index (Phi) is 5.04. The standard InChI is InChI=1S/C16H23NO4/c1-10-4-3-5-12(7-6-10)17-16(20)15-11(2)9-21-13(15)8-14(18)19/h9-10,12H,3-8H2,1-2H3,(H,17,20)(H,18,19). The number of furan rings is 1. The Balaban J connectivity index is 2.06. The second-order valence-corrected chi connectivity index (χ2v) is 6.07. The highest BCUT2D eigenvalue weighted by Crippen LogP contribution is 2.24. The van der Waals surface area contributed by atoms with Crippen LogP contribution in [0.4, 0.5) is 0 Å². The average molecular weight is 293 g/mol. The molecular weight excluding hydrogens is 270 g/mol. The molecule has 0 radical (unpaired) electrons. The molecule has 0 aliphatic heterocycles. The van der Waals surface area contributed by atoms with E-state index in [-0.39, 0.29) is 24.1 Å². The molecule has 116 valence electrons. The predicted octanol–water partition coefficient (Wildman–Crippen LogP) is 2.91. The number of carbonyl (C=O) groups is 2. The lowest BCUT2D eigenvalue weighted by Crippen LogP contribution is -2.35. The summed E-state index contributed by atoms with van der Waals surface area (Å²) in [5, 5.41) is 11.9. The van der Waals surface area contributed by atoms with Gasteiger partial charge in [0.05, 0.1) is 11.8 Å². The van der Waals surface area contributed by atoms with Gasteiger partial charge in [-0.05, 0) is 32.1 Å². The van der Waals surface area contributed by atoms with Crippen LogP contribution in [-0.4, -0.2) is 23.0 Å². The summed E-state index contributed by atoms with van der Waals surface area (Å²) in [6.45, 7) is 4.01. The molecule has 1 amide bonds. The molecule has 2 rings (SSSR count). The molecule has 5 heteroatoms. The minimum absolute atomic E-state index is 0.175. The lowest BCUT2D eigenvalue weighted by Gasteiger charge is -2.16. The van der Waals surface area contributed by atoms with Crippen LogP contribution in [0.15, 0.2) is 10.7 Å². The van der Waals surface area contributed by atoms with Crippen LogP contribution in [0.5, 0.6) is 0 Å². The number of carboxylic acid groups (broad SMARTS) is 1. The summed E-state index contributed by atoms with van der Waals surface area (Å²) in [5.74, 6) is -0.261. The second kappa shape index (κ2) is 6.78. The molecule has 5 nitrogen and oxygen atoms in total. The van der Waals surface area contributed by atoms with E-state index in [4.69, 9.17) is 9.52 Å². The molecule has 0 saturated heterocycles. The number of rotatable bonds is 4. The number of aliphatic carboxylic acids is 1. The van der Waals surface area contributed by atoms with Crippen LogP contribution < -0.4 is 5.32 Å². The summed E-state index contributed by atoms with van der Waals surface area (Å²) >= 11 is 0. The Morgan fingerprint density at radius 2 is 2.10 bits per heavy atom. The van der Waals surface area contributed by atoms with E-state index in [0.29, 0.717) is 17.0 Å². The second-order valence-electron chi connectivity index (χ2n) is 6.07. The van der Waals surface area contributed by atoms with Gasteiger partial charge in [0.25, 0.3) is 5.91 Å². The van der Waals surface area contributed by atoms with Crippen molar-refractivity contribution in [2.75, 3.05) is 0 Å². The molecule has 2 N–H and O–H groups in total. The molecule has 0 aromatic carbocycles. The third-order valence-corrected chi connectivity index (χ3v) is 4.18. The van der Waals surface area contributed by atoms with Crippen molar-refractivity contribution in [1.82, 2.24) is 5.32 Å². The minimum atomic E-state index is -0.998. The number of hydrogen-bond donors (Lipinski definition) is 2. The summed E-state index contributed by atoms with van der Waals surface area (Å²) in [7, 11) is 0. The molecule has 2 unspecified atom stereocenters. The maximum Gasteiger partial charge on any atom is 0.311 e. The Morgan fingerprint density at radius 1 is 1.33 bits per heavy atom. The van der Waals surface area contributed by atoms with Crippen molar-refractivity contribution in [3.63, 3.8) is 0 Å². The first-order valence-corrected chi connectivity index (χ1v) is 7.57. The molecule has 1 aromatic heterocycles. The Bertz CT molecular complexity index is 520. The van der Waals surface area contributed by atoms with Gasteiger partial charge in [0.1, 0.15) is 12.2 Å². The van der Waals surface area contributed by atoms with Crippen LogP contribution in [0.25, 0.3) is 0 Å². The van der Waals surface area contributed by atoms with Gasteiger partial charge in [-0.2, -0.15) is 0 Å². The molecule has 0 spiro atoms. The maximum atomic E-state index is 12.4. The molecule has 1 aliphatic carbocycles. The zero-order valence-electron chi connectivity index (χ0n) is 12.6. The monoisotopic (exact) mass is 293 g/mol. The van der Waals surface area contributed by atoms with E-state index in [9.17, 15) is 9.59 Å². The molecule has 2 atom stereocenters. The van der Waals surface area contributed by atoms with Gasteiger partial charge in [-0.3, -0.25) is 9.59 Å². The number of carboxylic acids is 1. The zero-order chi connectivity index (χ0) is 15.4. The van der Waals surface area contributed by atoms with E-state index in [2.05, 4.69) is 12.2 Å². The van der Waals surface area contributed by atoms with E-state index < -0.39 is 5.97 Å². The topological polar surface area (TPSA) is 79.5 Å². The maximum absolute atomic E-state index is 12.4. The molecule has 1 heterocycles. The molecule has 0 bridgehead atoms. The fourth-order valence-corrected chi connectivity index (χ4v) is 2.96. The van der Waals surface area contributed by atoms with E-state index in [1.54, 1.807) is 6.92 Å². The van der Waals surface area contributed by atoms with Gasteiger partial charge in [-0.25, -0.2) is 0 Å². The van der Waals surface area contributed by atoms with Gasteiger partial charge in [0, 0.05) is 11.6 Å². The zero-order valence-corrected chi connectivity index (χ0v) is 12.6. The molecule has 21 heavy (non-hydrogen) atoms. The van der Waals surface area contributed by atoms with Crippen LogP contribution in [0, 0.1) is 12.8 Å². The van der Waals surface area contributed by atoms with Crippen molar-refractivity contribution < 1.29 is 19.1 Å². The number of hydrogen-bond acceptors (Lipinski definition) is 3. The SMILES string of the molecule is Cc1coc(CC(=O)O)c1C(=O)NC1CCCC(C)CC1. The van der Waals surface area contributed by atoms with Gasteiger partial charge in [-0.15, -0.1) is 0 Å². The Labute approximate surface area is 124 Å². The smallest absolute Gasteiger partial charge is 0.311 e. The van der Waals surface area contributed by atoms with Gasteiger partial charge < -0.3 is 14.8 Å². The number of carbonyl (C=O) groups excluding carboxylic acids is 1. The largest absolute Gasteiger partial charge is 0.481 e. The lowest BCUT2D eigenvalue weighted by molar-refractivity contribution is -0.136. The summed E-state index contributed by atoms with van der Waals surface area (Å²) in [6.07, 6.45) is 6.61.